The highest BCUT2D eigenvalue weighted by atomic mass is 14.7. The molecule has 0 heterocycles. The van der Waals surface area contributed by atoms with E-state index in [1.807, 2.05) is 6.08 Å². The zero-order valence-electron chi connectivity index (χ0n) is 7.00. The van der Waals surface area contributed by atoms with Crippen LogP contribution in [0.3, 0.4) is 0 Å². The van der Waals surface area contributed by atoms with E-state index in [1.165, 1.54) is 19.3 Å². The van der Waals surface area contributed by atoms with Gasteiger partial charge in [-0.25, -0.2) is 0 Å². The zero-order valence-corrected chi connectivity index (χ0v) is 7.00. The van der Waals surface area contributed by atoms with Crippen LogP contribution in [0.1, 0.15) is 25.7 Å². The molecule has 62 valence electrons. The molecule has 1 heteroatoms. The molecule has 0 aromatic rings. The Morgan fingerprint density at radius 3 is 2.64 bits per heavy atom. The first kappa shape index (κ1) is 7.35. The monoisotopic (exact) mass is 151 g/mol. The number of fused-ring (bicyclic) bond motifs is 2. The van der Waals surface area contributed by atoms with Crippen LogP contribution in [0.4, 0.5) is 0 Å². The van der Waals surface area contributed by atoms with Gasteiger partial charge >= 0.3 is 0 Å². The number of hydrogen-bond acceptors (Lipinski definition) is 1. The van der Waals surface area contributed by atoms with Crippen molar-refractivity contribution in [3.05, 3.63) is 12.7 Å². The molecule has 0 aromatic heterocycles. The first-order valence-corrected chi connectivity index (χ1v) is 4.69. The number of hydrogen-bond donors (Lipinski definition) is 1. The minimum atomic E-state index is 0.492. The highest BCUT2D eigenvalue weighted by Gasteiger charge is 2.44. The predicted molar refractivity (Wildman–Crippen MR) is 47.1 cm³/mol. The molecule has 0 unspecified atom stereocenters. The Kier molecular flexibility index (Phi) is 1.76. The maximum Gasteiger partial charge on any atom is 0.0101 e. The van der Waals surface area contributed by atoms with Crippen molar-refractivity contribution >= 4 is 0 Å². The zero-order chi connectivity index (χ0) is 7.84. The molecule has 0 radical (unpaired) electrons. The molecule has 0 aliphatic heterocycles. The van der Waals surface area contributed by atoms with Gasteiger partial charge in [-0.2, -0.15) is 0 Å². The summed E-state index contributed by atoms with van der Waals surface area (Å²) in [5.41, 5.74) is 6.10. The predicted octanol–water partition coefficient (Wildman–Crippen LogP) is 1.94. The summed E-state index contributed by atoms with van der Waals surface area (Å²) in [4.78, 5) is 0. The second-order valence-electron chi connectivity index (χ2n) is 4.10. The van der Waals surface area contributed by atoms with Crippen molar-refractivity contribution in [2.75, 3.05) is 0 Å². The lowest BCUT2D eigenvalue weighted by Gasteiger charge is -2.26. The van der Waals surface area contributed by atoms with Crippen LogP contribution >= 0.6 is 0 Å². The van der Waals surface area contributed by atoms with Crippen LogP contribution in [0.5, 0.6) is 0 Å². The summed E-state index contributed by atoms with van der Waals surface area (Å²) < 4.78 is 0. The van der Waals surface area contributed by atoms with E-state index in [1.54, 1.807) is 0 Å². The van der Waals surface area contributed by atoms with Crippen LogP contribution in [0.25, 0.3) is 0 Å². The molecule has 2 saturated carbocycles. The molecule has 2 aliphatic carbocycles. The Bertz CT molecular complexity index is 162. The van der Waals surface area contributed by atoms with Crippen molar-refractivity contribution in [2.24, 2.45) is 23.5 Å². The van der Waals surface area contributed by atoms with E-state index in [0.29, 0.717) is 6.04 Å². The van der Waals surface area contributed by atoms with Crippen molar-refractivity contribution in [3.63, 3.8) is 0 Å². The molecule has 2 bridgehead atoms. The first-order chi connectivity index (χ1) is 5.33. The molecule has 2 aliphatic rings. The molecule has 2 rings (SSSR count). The van der Waals surface area contributed by atoms with Gasteiger partial charge in [0.05, 0.1) is 0 Å². The van der Waals surface area contributed by atoms with Gasteiger partial charge in [0.25, 0.3) is 0 Å². The van der Waals surface area contributed by atoms with Crippen molar-refractivity contribution < 1.29 is 0 Å². The fourth-order valence-electron chi connectivity index (χ4n) is 3.00. The fourth-order valence-corrected chi connectivity index (χ4v) is 3.00. The molecule has 0 spiro atoms. The second kappa shape index (κ2) is 2.63. The molecule has 2 N–H and O–H groups in total. The molecule has 0 saturated heterocycles. The van der Waals surface area contributed by atoms with Crippen LogP contribution in [0.2, 0.25) is 0 Å². The Labute approximate surface area is 68.7 Å². The minimum absolute atomic E-state index is 0.492. The third kappa shape index (κ3) is 1.02. The van der Waals surface area contributed by atoms with Crippen LogP contribution in [-0.4, -0.2) is 6.04 Å². The average Bonchev–Trinajstić information content (AvgIpc) is 2.54. The van der Waals surface area contributed by atoms with Gasteiger partial charge in [-0.1, -0.05) is 6.08 Å². The summed E-state index contributed by atoms with van der Waals surface area (Å²) in [5.74, 6) is 2.56. The van der Waals surface area contributed by atoms with Crippen LogP contribution < -0.4 is 5.73 Å². The van der Waals surface area contributed by atoms with Crippen molar-refractivity contribution in [1.82, 2.24) is 0 Å². The maximum absolute atomic E-state index is 6.10. The van der Waals surface area contributed by atoms with Gasteiger partial charge in [0.15, 0.2) is 0 Å². The number of rotatable bonds is 2. The van der Waals surface area contributed by atoms with E-state index in [9.17, 15) is 0 Å². The van der Waals surface area contributed by atoms with E-state index in [4.69, 9.17) is 5.73 Å². The Morgan fingerprint density at radius 2 is 2.09 bits per heavy atom. The van der Waals surface area contributed by atoms with Crippen molar-refractivity contribution in [2.45, 2.75) is 31.7 Å². The molecule has 0 aromatic carbocycles. The molecule has 0 amide bonds. The minimum Gasteiger partial charge on any atom is -0.327 e. The molecular weight excluding hydrogens is 134 g/mol. The summed E-state index contributed by atoms with van der Waals surface area (Å²) in [6.45, 7) is 3.79. The lowest BCUT2D eigenvalue weighted by atomic mass is 9.83. The van der Waals surface area contributed by atoms with Crippen LogP contribution in [0, 0.1) is 17.8 Å². The van der Waals surface area contributed by atoms with Gasteiger partial charge in [0.1, 0.15) is 0 Å². The fraction of sp³-hybridized carbons (Fsp3) is 0.800. The summed E-state index contributed by atoms with van der Waals surface area (Å²) >= 11 is 0. The van der Waals surface area contributed by atoms with E-state index in [2.05, 4.69) is 6.58 Å². The SMILES string of the molecule is C=CC[C@H]1[C@@H]2CC[C@@H](C2)[C@@H]1N. The number of nitrogens with two attached hydrogens (primary N) is 1. The smallest absolute Gasteiger partial charge is 0.0101 e. The van der Waals surface area contributed by atoms with Gasteiger partial charge in [-0.15, -0.1) is 6.58 Å². The van der Waals surface area contributed by atoms with E-state index in [-0.39, 0.29) is 0 Å². The van der Waals surface area contributed by atoms with Crippen LogP contribution in [-0.2, 0) is 0 Å². The highest BCUT2D eigenvalue weighted by Crippen LogP contribution is 2.48. The third-order valence-electron chi connectivity index (χ3n) is 3.60. The quantitative estimate of drug-likeness (QED) is 0.600. The standard InChI is InChI=1S/C10H17N/c1-2-3-9-7-4-5-8(6-7)10(9)11/h2,7-10H,1,3-6,11H2/t7-,8+,9+,10+/m1/s1. The second-order valence-corrected chi connectivity index (χ2v) is 4.10. The molecular formula is C10H17N. The maximum atomic E-state index is 6.10. The topological polar surface area (TPSA) is 26.0 Å². The average molecular weight is 151 g/mol. The van der Waals surface area contributed by atoms with E-state index < -0.39 is 0 Å². The number of allylic oxidation sites excluding steroid dienone is 1. The normalized spacial score (nSPS) is 48.1. The Morgan fingerprint density at radius 1 is 1.36 bits per heavy atom. The molecule has 2 fully saturated rings. The van der Waals surface area contributed by atoms with Crippen molar-refractivity contribution in [1.29, 1.82) is 0 Å². The summed E-state index contributed by atoms with van der Waals surface area (Å²) in [6, 6.07) is 0.492. The van der Waals surface area contributed by atoms with Gasteiger partial charge < -0.3 is 5.73 Å². The van der Waals surface area contributed by atoms with Gasteiger partial charge in [-0.3, -0.25) is 0 Å². The lowest BCUT2D eigenvalue weighted by molar-refractivity contribution is 0.291. The van der Waals surface area contributed by atoms with Crippen LogP contribution in [0.15, 0.2) is 12.7 Å². The van der Waals surface area contributed by atoms with Gasteiger partial charge in [0.2, 0.25) is 0 Å². The van der Waals surface area contributed by atoms with Crippen molar-refractivity contribution in [3.8, 4) is 0 Å². The first-order valence-electron chi connectivity index (χ1n) is 4.69. The van der Waals surface area contributed by atoms with Gasteiger partial charge in [0, 0.05) is 6.04 Å². The third-order valence-corrected chi connectivity index (χ3v) is 3.60. The lowest BCUT2D eigenvalue weighted by Crippen LogP contribution is -2.35. The summed E-state index contributed by atoms with van der Waals surface area (Å²) in [5, 5.41) is 0. The molecule has 1 nitrogen and oxygen atoms in total. The molecule has 11 heavy (non-hydrogen) atoms. The van der Waals surface area contributed by atoms with E-state index >= 15 is 0 Å². The molecule has 4 atom stereocenters. The Balaban J connectivity index is 2.05. The summed E-state index contributed by atoms with van der Waals surface area (Å²) in [6.07, 6.45) is 7.39. The van der Waals surface area contributed by atoms with E-state index in [0.717, 1.165) is 24.2 Å². The van der Waals surface area contributed by atoms with Gasteiger partial charge in [-0.05, 0) is 43.4 Å². The summed E-state index contributed by atoms with van der Waals surface area (Å²) in [7, 11) is 0. The highest BCUT2D eigenvalue weighted by molar-refractivity contribution is 5.00. The Hall–Kier alpha value is -0.300. The largest absolute Gasteiger partial charge is 0.327 e.